The fraction of sp³-hybridized carbons (Fsp3) is 0.583. The van der Waals surface area contributed by atoms with Gasteiger partial charge in [0, 0.05) is 36.5 Å². The van der Waals surface area contributed by atoms with Gasteiger partial charge in [-0.1, -0.05) is 0 Å². The van der Waals surface area contributed by atoms with Crippen LogP contribution in [0.15, 0.2) is 18.3 Å². The monoisotopic (exact) mass is 224 g/mol. The average Bonchev–Trinajstić information content (AvgIpc) is 2.29. The maximum Gasteiger partial charge on any atom is 0.0399 e. The lowest BCUT2D eigenvalue weighted by atomic mass is 9.98. The number of hydrogen-bond donors (Lipinski definition) is 0. The van der Waals surface area contributed by atoms with Crippen LogP contribution in [0.2, 0.25) is 0 Å². The topological polar surface area (TPSA) is 16.1 Å². The van der Waals surface area contributed by atoms with E-state index in [1.165, 1.54) is 18.5 Å². The summed E-state index contributed by atoms with van der Waals surface area (Å²) in [5.74, 6) is 1.52. The summed E-state index contributed by atoms with van der Waals surface area (Å²) in [5, 5.41) is 0. The molecule has 0 spiro atoms. The van der Waals surface area contributed by atoms with Gasteiger partial charge in [-0.2, -0.15) is 0 Å². The van der Waals surface area contributed by atoms with E-state index in [2.05, 4.69) is 22.0 Å². The van der Waals surface area contributed by atoms with E-state index in [9.17, 15) is 0 Å². The van der Waals surface area contributed by atoms with E-state index in [4.69, 9.17) is 11.6 Å². The lowest BCUT2D eigenvalue weighted by Gasteiger charge is -2.32. The van der Waals surface area contributed by atoms with Gasteiger partial charge in [-0.05, 0) is 37.8 Å². The molecule has 2 nitrogen and oxygen atoms in total. The maximum absolute atomic E-state index is 5.87. The van der Waals surface area contributed by atoms with E-state index in [1.807, 2.05) is 13.1 Å². The van der Waals surface area contributed by atoms with E-state index < -0.39 is 0 Å². The molecule has 0 aromatic carbocycles. The minimum atomic E-state index is 0.714. The average molecular weight is 225 g/mol. The summed E-state index contributed by atoms with van der Waals surface area (Å²) in [6.07, 6.45) is 4.31. The van der Waals surface area contributed by atoms with Crippen molar-refractivity contribution in [2.75, 3.05) is 23.9 Å². The zero-order chi connectivity index (χ0) is 10.7. The molecule has 2 rings (SSSR count). The highest BCUT2D eigenvalue weighted by atomic mass is 35.5. The van der Waals surface area contributed by atoms with Crippen LogP contribution in [0.25, 0.3) is 0 Å². The van der Waals surface area contributed by atoms with Crippen molar-refractivity contribution in [2.45, 2.75) is 19.8 Å². The fourth-order valence-electron chi connectivity index (χ4n) is 2.07. The molecule has 0 bridgehead atoms. The molecule has 0 unspecified atom stereocenters. The van der Waals surface area contributed by atoms with Crippen LogP contribution >= 0.6 is 11.6 Å². The molecular weight excluding hydrogens is 208 g/mol. The minimum Gasteiger partial charge on any atom is -0.371 e. The third-order valence-corrected chi connectivity index (χ3v) is 3.51. The summed E-state index contributed by atoms with van der Waals surface area (Å²) < 4.78 is 0. The van der Waals surface area contributed by atoms with E-state index >= 15 is 0 Å². The van der Waals surface area contributed by atoms with Crippen LogP contribution in [0, 0.1) is 12.8 Å². The molecule has 1 aliphatic rings. The van der Waals surface area contributed by atoms with Gasteiger partial charge in [0.2, 0.25) is 0 Å². The fourth-order valence-corrected chi connectivity index (χ4v) is 2.38. The quantitative estimate of drug-likeness (QED) is 0.719. The highest BCUT2D eigenvalue weighted by molar-refractivity contribution is 6.18. The first kappa shape index (κ1) is 10.7. The van der Waals surface area contributed by atoms with E-state index in [0.717, 1.165) is 24.7 Å². The predicted octanol–water partition coefficient (Wildman–Crippen LogP) is 2.85. The number of rotatable bonds is 2. The van der Waals surface area contributed by atoms with E-state index in [0.29, 0.717) is 5.92 Å². The van der Waals surface area contributed by atoms with Gasteiger partial charge in [-0.25, -0.2) is 0 Å². The van der Waals surface area contributed by atoms with Crippen molar-refractivity contribution in [1.82, 2.24) is 4.98 Å². The highest BCUT2D eigenvalue weighted by Crippen LogP contribution is 2.23. The number of nitrogens with zero attached hydrogens (tertiary/aromatic N) is 2. The zero-order valence-electron chi connectivity index (χ0n) is 9.12. The molecule has 82 valence electrons. The Bertz CT molecular complexity index is 319. The standard InChI is InChI=1S/C12H17ClN2/c1-10-8-12(2-5-14-10)15-6-3-11(9-13)4-7-15/h2,5,8,11H,3-4,6-7,9H2,1H3. The number of anilines is 1. The number of pyridine rings is 1. The molecule has 0 radical (unpaired) electrons. The molecule has 1 fully saturated rings. The van der Waals surface area contributed by atoms with Crippen LogP contribution in [0.5, 0.6) is 0 Å². The third-order valence-electron chi connectivity index (χ3n) is 3.08. The Kier molecular flexibility index (Phi) is 3.47. The summed E-state index contributed by atoms with van der Waals surface area (Å²) >= 11 is 5.87. The third kappa shape index (κ3) is 2.63. The second-order valence-electron chi connectivity index (χ2n) is 4.24. The summed E-state index contributed by atoms with van der Waals surface area (Å²) in [7, 11) is 0. The van der Waals surface area contributed by atoms with Gasteiger partial charge >= 0.3 is 0 Å². The molecule has 1 aromatic rings. The Hall–Kier alpha value is -0.760. The number of halogens is 1. The van der Waals surface area contributed by atoms with Crippen LogP contribution < -0.4 is 4.90 Å². The smallest absolute Gasteiger partial charge is 0.0399 e. The predicted molar refractivity (Wildman–Crippen MR) is 64.6 cm³/mol. The number of aromatic nitrogens is 1. The maximum atomic E-state index is 5.87. The number of piperidine rings is 1. The Morgan fingerprint density at radius 2 is 2.20 bits per heavy atom. The Balaban J connectivity index is 2.01. The van der Waals surface area contributed by atoms with Crippen molar-refractivity contribution in [2.24, 2.45) is 5.92 Å². The van der Waals surface area contributed by atoms with Crippen molar-refractivity contribution in [3.63, 3.8) is 0 Å². The molecular formula is C12H17ClN2. The number of aryl methyl sites for hydroxylation is 1. The van der Waals surface area contributed by atoms with Crippen LogP contribution in [0.1, 0.15) is 18.5 Å². The van der Waals surface area contributed by atoms with E-state index in [1.54, 1.807) is 0 Å². The molecule has 1 aliphatic heterocycles. The second-order valence-corrected chi connectivity index (χ2v) is 4.55. The normalized spacial score (nSPS) is 18.1. The first-order chi connectivity index (χ1) is 7.29. The Morgan fingerprint density at radius 1 is 1.47 bits per heavy atom. The van der Waals surface area contributed by atoms with Gasteiger partial charge in [0.15, 0.2) is 0 Å². The molecule has 0 amide bonds. The first-order valence-electron chi connectivity index (χ1n) is 5.53. The summed E-state index contributed by atoms with van der Waals surface area (Å²) in [4.78, 5) is 6.65. The molecule has 15 heavy (non-hydrogen) atoms. The van der Waals surface area contributed by atoms with Gasteiger partial charge in [0.05, 0.1) is 0 Å². The van der Waals surface area contributed by atoms with Crippen LogP contribution in [0.4, 0.5) is 5.69 Å². The van der Waals surface area contributed by atoms with Crippen LogP contribution in [0.3, 0.4) is 0 Å². The second kappa shape index (κ2) is 4.84. The molecule has 0 saturated carbocycles. The Labute approximate surface area is 96.3 Å². The first-order valence-corrected chi connectivity index (χ1v) is 6.06. The van der Waals surface area contributed by atoms with Gasteiger partial charge in [-0.3, -0.25) is 4.98 Å². The Morgan fingerprint density at radius 3 is 2.80 bits per heavy atom. The largest absolute Gasteiger partial charge is 0.371 e. The summed E-state index contributed by atoms with van der Waals surface area (Å²) in [6.45, 7) is 4.29. The van der Waals surface area contributed by atoms with Crippen molar-refractivity contribution < 1.29 is 0 Å². The lowest BCUT2D eigenvalue weighted by Crippen LogP contribution is -2.34. The molecule has 0 aliphatic carbocycles. The molecule has 0 atom stereocenters. The SMILES string of the molecule is Cc1cc(N2CCC(CCl)CC2)ccn1. The molecule has 3 heteroatoms. The lowest BCUT2D eigenvalue weighted by molar-refractivity contribution is 0.443. The van der Waals surface area contributed by atoms with Gasteiger partial charge in [0.25, 0.3) is 0 Å². The van der Waals surface area contributed by atoms with Gasteiger partial charge < -0.3 is 4.90 Å². The minimum absolute atomic E-state index is 0.714. The number of alkyl halides is 1. The molecule has 1 saturated heterocycles. The molecule has 1 aromatic heterocycles. The zero-order valence-corrected chi connectivity index (χ0v) is 9.87. The molecule has 0 N–H and O–H groups in total. The van der Waals surface area contributed by atoms with Crippen LogP contribution in [-0.2, 0) is 0 Å². The van der Waals surface area contributed by atoms with Crippen molar-refractivity contribution >= 4 is 17.3 Å². The van der Waals surface area contributed by atoms with Gasteiger partial charge in [-0.15, -0.1) is 11.6 Å². The van der Waals surface area contributed by atoms with Crippen LogP contribution in [-0.4, -0.2) is 24.0 Å². The summed E-state index contributed by atoms with van der Waals surface area (Å²) in [6, 6.07) is 4.25. The highest BCUT2D eigenvalue weighted by Gasteiger charge is 2.18. The van der Waals surface area contributed by atoms with Gasteiger partial charge in [0.1, 0.15) is 0 Å². The van der Waals surface area contributed by atoms with Crippen molar-refractivity contribution in [3.05, 3.63) is 24.0 Å². The van der Waals surface area contributed by atoms with E-state index in [-0.39, 0.29) is 0 Å². The summed E-state index contributed by atoms with van der Waals surface area (Å²) in [5.41, 5.74) is 2.39. The van der Waals surface area contributed by atoms with Crippen molar-refractivity contribution in [3.8, 4) is 0 Å². The van der Waals surface area contributed by atoms with Crippen molar-refractivity contribution in [1.29, 1.82) is 0 Å². The molecule has 2 heterocycles. The number of hydrogen-bond acceptors (Lipinski definition) is 2.